The summed E-state index contributed by atoms with van der Waals surface area (Å²) in [7, 11) is 0. The van der Waals surface area contributed by atoms with Gasteiger partial charge in [0.15, 0.2) is 0 Å². The van der Waals surface area contributed by atoms with Gasteiger partial charge in [-0.3, -0.25) is 4.98 Å². The largest absolute Gasteiger partial charge is 0.488 e. The van der Waals surface area contributed by atoms with Gasteiger partial charge in [0.05, 0.1) is 4.47 Å². The molecule has 4 heteroatoms. The highest BCUT2D eigenvalue weighted by Crippen LogP contribution is 2.26. The zero-order valence-electron chi connectivity index (χ0n) is 9.97. The highest BCUT2D eigenvalue weighted by atomic mass is 79.9. The molecule has 0 aliphatic carbocycles. The molecule has 2 N–H and O–H groups in total. The van der Waals surface area contributed by atoms with Crippen LogP contribution in [0.3, 0.4) is 0 Å². The fourth-order valence-electron chi connectivity index (χ4n) is 1.63. The van der Waals surface area contributed by atoms with E-state index in [0.29, 0.717) is 13.2 Å². The van der Waals surface area contributed by atoms with Crippen molar-refractivity contribution >= 4 is 15.9 Å². The molecule has 0 aliphatic rings. The Kier molecular flexibility index (Phi) is 4.73. The second-order valence-corrected chi connectivity index (χ2v) is 4.81. The highest BCUT2D eigenvalue weighted by molar-refractivity contribution is 9.10. The predicted molar refractivity (Wildman–Crippen MR) is 75.5 cm³/mol. The number of benzene rings is 1. The molecule has 0 radical (unpaired) electrons. The molecule has 0 bridgehead atoms. The normalized spacial score (nSPS) is 10.3. The number of rotatable bonds is 5. The molecule has 2 aromatic rings. The summed E-state index contributed by atoms with van der Waals surface area (Å²) in [4.78, 5) is 4.05. The van der Waals surface area contributed by atoms with Gasteiger partial charge in [0.2, 0.25) is 0 Å². The number of halogens is 1. The Morgan fingerprint density at radius 2 is 2.11 bits per heavy atom. The van der Waals surface area contributed by atoms with Crippen molar-refractivity contribution in [2.75, 3.05) is 6.54 Å². The third-order valence-corrected chi connectivity index (χ3v) is 3.17. The summed E-state index contributed by atoms with van der Waals surface area (Å²) in [6.07, 6.45) is 4.43. The molecule has 0 atom stereocenters. The first kappa shape index (κ1) is 13.1. The lowest BCUT2D eigenvalue weighted by molar-refractivity contribution is 0.303. The van der Waals surface area contributed by atoms with E-state index in [2.05, 4.69) is 20.9 Å². The molecule has 0 amide bonds. The Bertz CT molecular complexity index is 502. The number of pyridine rings is 1. The van der Waals surface area contributed by atoms with Crippen LogP contribution in [0, 0.1) is 0 Å². The molecular weight excluding hydrogens is 292 g/mol. The molecule has 0 spiro atoms. The number of hydrogen-bond acceptors (Lipinski definition) is 3. The van der Waals surface area contributed by atoms with E-state index in [1.807, 2.05) is 30.3 Å². The van der Waals surface area contributed by atoms with Gasteiger partial charge in [-0.05, 0) is 52.7 Å². The van der Waals surface area contributed by atoms with Gasteiger partial charge < -0.3 is 10.5 Å². The standard InChI is InChI=1S/C14H15BrN2O/c15-13-8-11(5-6-16)3-4-14(13)18-10-12-2-1-7-17-9-12/h1-4,7-9H,5-6,10,16H2. The van der Waals surface area contributed by atoms with Crippen molar-refractivity contribution in [3.05, 3.63) is 58.3 Å². The Labute approximate surface area is 115 Å². The molecule has 0 saturated heterocycles. The Balaban J connectivity index is 2.01. The second kappa shape index (κ2) is 6.52. The maximum Gasteiger partial charge on any atom is 0.134 e. The van der Waals surface area contributed by atoms with Crippen molar-refractivity contribution < 1.29 is 4.74 Å². The van der Waals surface area contributed by atoms with E-state index in [1.54, 1.807) is 12.4 Å². The maximum atomic E-state index is 5.74. The number of aromatic nitrogens is 1. The van der Waals surface area contributed by atoms with Gasteiger partial charge in [0.25, 0.3) is 0 Å². The quantitative estimate of drug-likeness (QED) is 0.924. The van der Waals surface area contributed by atoms with Crippen LogP contribution in [0.5, 0.6) is 5.75 Å². The summed E-state index contributed by atoms with van der Waals surface area (Å²) in [6, 6.07) is 9.94. The fraction of sp³-hybridized carbons (Fsp3) is 0.214. The lowest BCUT2D eigenvalue weighted by Crippen LogP contribution is -2.03. The molecule has 2 rings (SSSR count). The highest BCUT2D eigenvalue weighted by Gasteiger charge is 2.03. The van der Waals surface area contributed by atoms with Crippen LogP contribution in [0.4, 0.5) is 0 Å². The first-order chi connectivity index (χ1) is 8.79. The third-order valence-electron chi connectivity index (χ3n) is 2.55. The van der Waals surface area contributed by atoms with E-state index in [1.165, 1.54) is 5.56 Å². The smallest absolute Gasteiger partial charge is 0.134 e. The molecule has 1 aromatic carbocycles. The molecule has 1 heterocycles. The topological polar surface area (TPSA) is 48.1 Å². The average Bonchev–Trinajstić information content (AvgIpc) is 2.39. The van der Waals surface area contributed by atoms with E-state index in [4.69, 9.17) is 10.5 Å². The molecule has 0 fully saturated rings. The van der Waals surface area contributed by atoms with Crippen LogP contribution < -0.4 is 10.5 Å². The molecule has 0 unspecified atom stereocenters. The van der Waals surface area contributed by atoms with E-state index in [9.17, 15) is 0 Å². The minimum absolute atomic E-state index is 0.517. The molecule has 18 heavy (non-hydrogen) atoms. The van der Waals surface area contributed by atoms with Crippen molar-refractivity contribution in [1.29, 1.82) is 0 Å². The van der Waals surface area contributed by atoms with Crippen LogP contribution >= 0.6 is 15.9 Å². The van der Waals surface area contributed by atoms with Gasteiger partial charge in [-0.1, -0.05) is 12.1 Å². The lowest BCUT2D eigenvalue weighted by atomic mass is 10.1. The maximum absolute atomic E-state index is 5.74. The fourth-order valence-corrected chi connectivity index (χ4v) is 2.17. The molecular formula is C14H15BrN2O. The van der Waals surface area contributed by atoms with Crippen LogP contribution in [0.1, 0.15) is 11.1 Å². The number of ether oxygens (including phenoxy) is 1. The van der Waals surface area contributed by atoms with E-state index < -0.39 is 0 Å². The molecule has 1 aromatic heterocycles. The molecule has 0 aliphatic heterocycles. The van der Waals surface area contributed by atoms with Gasteiger partial charge in [-0.25, -0.2) is 0 Å². The predicted octanol–water partition coefficient (Wildman–Crippen LogP) is 2.92. The second-order valence-electron chi connectivity index (χ2n) is 3.95. The van der Waals surface area contributed by atoms with Crippen molar-refractivity contribution in [2.24, 2.45) is 5.73 Å². The Morgan fingerprint density at radius 3 is 2.78 bits per heavy atom. The van der Waals surface area contributed by atoms with Crippen molar-refractivity contribution in [1.82, 2.24) is 4.98 Å². The van der Waals surface area contributed by atoms with Crippen molar-refractivity contribution in [3.8, 4) is 5.75 Å². The Hall–Kier alpha value is -1.39. The minimum atomic E-state index is 0.517. The summed E-state index contributed by atoms with van der Waals surface area (Å²) in [6.45, 7) is 1.17. The summed E-state index contributed by atoms with van der Waals surface area (Å²) < 4.78 is 6.69. The first-order valence-corrected chi connectivity index (χ1v) is 6.59. The zero-order chi connectivity index (χ0) is 12.8. The van der Waals surface area contributed by atoms with Crippen LogP contribution in [-0.2, 0) is 13.0 Å². The summed E-state index contributed by atoms with van der Waals surface area (Å²) in [5.41, 5.74) is 7.79. The minimum Gasteiger partial charge on any atom is -0.488 e. The van der Waals surface area contributed by atoms with Crippen LogP contribution in [-0.4, -0.2) is 11.5 Å². The van der Waals surface area contributed by atoms with E-state index >= 15 is 0 Å². The van der Waals surface area contributed by atoms with Crippen molar-refractivity contribution in [2.45, 2.75) is 13.0 Å². The van der Waals surface area contributed by atoms with Crippen LogP contribution in [0.15, 0.2) is 47.2 Å². The van der Waals surface area contributed by atoms with Gasteiger partial charge >= 0.3 is 0 Å². The van der Waals surface area contributed by atoms with Gasteiger partial charge in [0, 0.05) is 18.0 Å². The van der Waals surface area contributed by atoms with Crippen LogP contribution in [0.2, 0.25) is 0 Å². The summed E-state index contributed by atoms with van der Waals surface area (Å²) in [5, 5.41) is 0. The Morgan fingerprint density at radius 1 is 1.22 bits per heavy atom. The monoisotopic (exact) mass is 306 g/mol. The van der Waals surface area contributed by atoms with Gasteiger partial charge in [-0.15, -0.1) is 0 Å². The number of nitrogens with two attached hydrogens (primary N) is 1. The zero-order valence-corrected chi connectivity index (χ0v) is 11.6. The first-order valence-electron chi connectivity index (χ1n) is 5.80. The lowest BCUT2D eigenvalue weighted by Gasteiger charge is -2.09. The van der Waals surface area contributed by atoms with Crippen molar-refractivity contribution in [3.63, 3.8) is 0 Å². The number of hydrogen-bond donors (Lipinski definition) is 1. The van der Waals surface area contributed by atoms with Crippen LogP contribution in [0.25, 0.3) is 0 Å². The molecule has 3 nitrogen and oxygen atoms in total. The summed E-state index contributed by atoms with van der Waals surface area (Å²) >= 11 is 3.51. The molecule has 94 valence electrons. The third kappa shape index (κ3) is 3.55. The van der Waals surface area contributed by atoms with E-state index in [0.717, 1.165) is 22.2 Å². The average molecular weight is 307 g/mol. The van der Waals surface area contributed by atoms with Gasteiger partial charge in [-0.2, -0.15) is 0 Å². The van der Waals surface area contributed by atoms with E-state index in [-0.39, 0.29) is 0 Å². The summed E-state index contributed by atoms with van der Waals surface area (Å²) in [5.74, 6) is 0.833. The number of nitrogens with zero attached hydrogens (tertiary/aromatic N) is 1. The SMILES string of the molecule is NCCc1ccc(OCc2cccnc2)c(Br)c1. The molecule has 0 saturated carbocycles. The van der Waals surface area contributed by atoms with Gasteiger partial charge in [0.1, 0.15) is 12.4 Å².